The molecule has 2 aromatic heterocycles. The number of para-hydroxylation sites is 1. The standard InChI is InChI=1S/C24H24N4O2/c1-15-20(25)12-17-11-16(13-26-24(17)27-15)8-9-23(29)28-10-4-7-22-19(14-28)18-5-2-3-6-21(18)30-22/h2-3,5-6,8-9,11,13,20H,1,4,7,10,12,14,25H2,(H,26,27)/b9-8+. The number of anilines is 1. The third-order valence-corrected chi connectivity index (χ3v) is 5.85. The molecular weight excluding hydrogens is 376 g/mol. The number of amides is 1. The molecule has 1 aromatic carbocycles. The first-order chi connectivity index (χ1) is 14.6. The summed E-state index contributed by atoms with van der Waals surface area (Å²) in [7, 11) is 0. The summed E-state index contributed by atoms with van der Waals surface area (Å²) >= 11 is 0. The highest BCUT2D eigenvalue weighted by Crippen LogP contribution is 2.30. The molecule has 0 radical (unpaired) electrons. The van der Waals surface area contributed by atoms with Crippen molar-refractivity contribution in [2.45, 2.75) is 31.8 Å². The van der Waals surface area contributed by atoms with Gasteiger partial charge >= 0.3 is 0 Å². The summed E-state index contributed by atoms with van der Waals surface area (Å²) in [6.45, 7) is 5.20. The number of pyridine rings is 1. The van der Waals surface area contributed by atoms with Crippen LogP contribution in [0.15, 0.2) is 59.3 Å². The van der Waals surface area contributed by atoms with E-state index >= 15 is 0 Å². The fourth-order valence-corrected chi connectivity index (χ4v) is 4.18. The quantitative estimate of drug-likeness (QED) is 0.642. The van der Waals surface area contributed by atoms with Crippen LogP contribution in [-0.2, 0) is 24.2 Å². The fraction of sp³-hybridized carbons (Fsp3) is 0.250. The Morgan fingerprint density at radius 3 is 3.13 bits per heavy atom. The Morgan fingerprint density at radius 2 is 2.23 bits per heavy atom. The highest BCUT2D eigenvalue weighted by molar-refractivity contribution is 5.92. The Bertz CT molecular complexity index is 1180. The lowest BCUT2D eigenvalue weighted by molar-refractivity contribution is -0.126. The van der Waals surface area contributed by atoms with Gasteiger partial charge in [-0.05, 0) is 42.2 Å². The number of nitrogens with two attached hydrogens (primary N) is 1. The van der Waals surface area contributed by atoms with Gasteiger partial charge in [-0.3, -0.25) is 4.79 Å². The van der Waals surface area contributed by atoms with Gasteiger partial charge < -0.3 is 20.4 Å². The maximum Gasteiger partial charge on any atom is 0.246 e. The van der Waals surface area contributed by atoms with Crippen LogP contribution >= 0.6 is 0 Å². The van der Waals surface area contributed by atoms with Gasteiger partial charge in [-0.1, -0.05) is 24.8 Å². The number of rotatable bonds is 2. The van der Waals surface area contributed by atoms with E-state index in [1.165, 1.54) is 0 Å². The lowest BCUT2D eigenvalue weighted by Gasteiger charge is -2.24. The van der Waals surface area contributed by atoms with Crippen molar-refractivity contribution >= 4 is 28.8 Å². The maximum atomic E-state index is 12.9. The number of nitrogens with zero attached hydrogens (tertiary/aromatic N) is 2. The number of hydrogen-bond donors (Lipinski definition) is 2. The highest BCUT2D eigenvalue weighted by atomic mass is 16.3. The fourth-order valence-electron chi connectivity index (χ4n) is 4.18. The summed E-state index contributed by atoms with van der Waals surface area (Å²) in [6.07, 6.45) is 7.64. The molecule has 1 unspecified atom stereocenters. The topological polar surface area (TPSA) is 84.4 Å². The zero-order valence-corrected chi connectivity index (χ0v) is 16.7. The summed E-state index contributed by atoms with van der Waals surface area (Å²) < 4.78 is 6.01. The molecule has 0 fully saturated rings. The van der Waals surface area contributed by atoms with E-state index in [0.29, 0.717) is 19.5 Å². The number of benzene rings is 1. The summed E-state index contributed by atoms with van der Waals surface area (Å²) in [5.74, 6) is 1.78. The van der Waals surface area contributed by atoms with Crippen LogP contribution in [0.2, 0.25) is 0 Å². The van der Waals surface area contributed by atoms with Gasteiger partial charge in [0.05, 0.1) is 0 Å². The van der Waals surface area contributed by atoms with Gasteiger partial charge in [0.25, 0.3) is 0 Å². The molecule has 0 saturated heterocycles. The van der Waals surface area contributed by atoms with E-state index in [0.717, 1.165) is 57.8 Å². The molecule has 2 aliphatic heterocycles. The van der Waals surface area contributed by atoms with E-state index in [1.54, 1.807) is 12.3 Å². The van der Waals surface area contributed by atoms with Crippen LogP contribution < -0.4 is 11.1 Å². The summed E-state index contributed by atoms with van der Waals surface area (Å²) in [5.41, 5.74) is 10.8. The van der Waals surface area contributed by atoms with Gasteiger partial charge in [0, 0.05) is 54.5 Å². The number of nitrogens with one attached hydrogen (secondary N) is 1. The molecule has 2 aliphatic rings. The lowest BCUT2D eigenvalue weighted by Crippen LogP contribution is -2.33. The molecule has 5 rings (SSSR count). The Labute approximate surface area is 175 Å². The molecule has 1 amide bonds. The van der Waals surface area contributed by atoms with Crippen LogP contribution in [0.25, 0.3) is 17.0 Å². The maximum absolute atomic E-state index is 12.9. The number of hydrogen-bond acceptors (Lipinski definition) is 5. The summed E-state index contributed by atoms with van der Waals surface area (Å²) in [5, 5.41) is 4.24. The molecule has 6 nitrogen and oxygen atoms in total. The Morgan fingerprint density at radius 1 is 1.37 bits per heavy atom. The van der Waals surface area contributed by atoms with Crippen molar-refractivity contribution in [2.24, 2.45) is 5.73 Å². The predicted octanol–water partition coefficient (Wildman–Crippen LogP) is 3.63. The van der Waals surface area contributed by atoms with Crippen molar-refractivity contribution < 1.29 is 9.21 Å². The third kappa shape index (κ3) is 3.39. The first-order valence-electron chi connectivity index (χ1n) is 10.2. The first-order valence-corrected chi connectivity index (χ1v) is 10.2. The number of furan rings is 1. The van der Waals surface area contributed by atoms with E-state index < -0.39 is 0 Å². The summed E-state index contributed by atoms with van der Waals surface area (Å²) in [6, 6.07) is 9.92. The molecule has 1 atom stereocenters. The summed E-state index contributed by atoms with van der Waals surface area (Å²) in [4.78, 5) is 19.3. The van der Waals surface area contributed by atoms with E-state index in [4.69, 9.17) is 10.2 Å². The third-order valence-electron chi connectivity index (χ3n) is 5.85. The molecule has 152 valence electrons. The molecule has 6 heteroatoms. The minimum atomic E-state index is -0.128. The molecule has 3 N–H and O–H groups in total. The number of aryl methyl sites for hydroxylation is 1. The first kappa shape index (κ1) is 18.6. The lowest BCUT2D eigenvalue weighted by atomic mass is 9.99. The van der Waals surface area contributed by atoms with Gasteiger partial charge in [0.1, 0.15) is 17.2 Å². The molecule has 30 heavy (non-hydrogen) atoms. The van der Waals surface area contributed by atoms with Crippen LogP contribution in [0.1, 0.15) is 28.9 Å². The second-order valence-corrected chi connectivity index (χ2v) is 7.93. The number of fused-ring (bicyclic) bond motifs is 4. The second kappa shape index (κ2) is 7.46. The van der Waals surface area contributed by atoms with Crippen LogP contribution in [-0.4, -0.2) is 28.4 Å². The van der Waals surface area contributed by atoms with Crippen molar-refractivity contribution in [3.05, 3.63) is 77.3 Å². The van der Waals surface area contributed by atoms with E-state index in [-0.39, 0.29) is 11.9 Å². The van der Waals surface area contributed by atoms with E-state index in [2.05, 4.69) is 22.9 Å². The van der Waals surface area contributed by atoms with Crippen molar-refractivity contribution in [3.63, 3.8) is 0 Å². The van der Waals surface area contributed by atoms with Crippen LogP contribution in [0.3, 0.4) is 0 Å². The largest absolute Gasteiger partial charge is 0.461 e. The molecule has 3 aromatic rings. The molecule has 0 saturated carbocycles. The molecule has 4 heterocycles. The van der Waals surface area contributed by atoms with Crippen molar-refractivity contribution in [1.82, 2.24) is 9.88 Å². The number of carbonyl (C=O) groups is 1. The van der Waals surface area contributed by atoms with E-state index in [9.17, 15) is 4.79 Å². The predicted molar refractivity (Wildman–Crippen MR) is 118 cm³/mol. The minimum Gasteiger partial charge on any atom is -0.461 e. The zero-order valence-electron chi connectivity index (χ0n) is 16.7. The second-order valence-electron chi connectivity index (χ2n) is 7.93. The van der Waals surface area contributed by atoms with Crippen molar-refractivity contribution in [2.75, 3.05) is 11.9 Å². The van der Waals surface area contributed by atoms with Crippen molar-refractivity contribution in [3.8, 4) is 0 Å². The average Bonchev–Trinajstić information content (AvgIpc) is 2.95. The van der Waals surface area contributed by atoms with Gasteiger partial charge in [-0.15, -0.1) is 0 Å². The molecule has 0 bridgehead atoms. The average molecular weight is 400 g/mol. The van der Waals surface area contributed by atoms with Gasteiger partial charge in [0.15, 0.2) is 0 Å². The SMILES string of the molecule is C=C1Nc2ncc(/C=C/C(=O)N3CCCc4oc5ccccc5c4C3)cc2CC1N. The van der Waals surface area contributed by atoms with Crippen LogP contribution in [0, 0.1) is 0 Å². The smallest absolute Gasteiger partial charge is 0.246 e. The molecule has 0 spiro atoms. The van der Waals surface area contributed by atoms with Crippen molar-refractivity contribution in [1.29, 1.82) is 0 Å². The Hall–Kier alpha value is -3.38. The normalized spacial score (nSPS) is 18.8. The number of carbonyl (C=O) groups excluding carboxylic acids is 1. The van der Waals surface area contributed by atoms with Crippen LogP contribution in [0.4, 0.5) is 5.82 Å². The molecule has 0 aliphatic carbocycles. The monoisotopic (exact) mass is 400 g/mol. The van der Waals surface area contributed by atoms with E-state index in [1.807, 2.05) is 35.2 Å². The minimum absolute atomic E-state index is 0.00550. The Balaban J connectivity index is 1.35. The van der Waals surface area contributed by atoms with Crippen LogP contribution in [0.5, 0.6) is 0 Å². The van der Waals surface area contributed by atoms with Gasteiger partial charge in [-0.2, -0.15) is 0 Å². The number of aromatic nitrogens is 1. The highest BCUT2D eigenvalue weighted by Gasteiger charge is 2.23. The zero-order chi connectivity index (χ0) is 20.7. The molecular formula is C24H24N4O2. The Kier molecular flexibility index (Phi) is 4.64. The van der Waals surface area contributed by atoms with Gasteiger partial charge in [0.2, 0.25) is 5.91 Å². The van der Waals surface area contributed by atoms with Gasteiger partial charge in [-0.25, -0.2) is 4.98 Å².